The van der Waals surface area contributed by atoms with Crippen LogP contribution in [0.15, 0.2) is 30.3 Å². The van der Waals surface area contributed by atoms with Crippen LogP contribution in [0.25, 0.3) is 0 Å². The molecule has 2 fully saturated rings. The quantitative estimate of drug-likeness (QED) is 0.626. The van der Waals surface area contributed by atoms with Crippen LogP contribution in [0.4, 0.5) is 0 Å². The number of carbonyl (C=O) groups is 3. The minimum atomic E-state index is -0.794. The lowest BCUT2D eigenvalue weighted by molar-refractivity contribution is -0.140. The Balaban J connectivity index is 1.37. The van der Waals surface area contributed by atoms with Crippen molar-refractivity contribution in [2.45, 2.75) is 50.6 Å². The van der Waals surface area contributed by atoms with Gasteiger partial charge in [0.2, 0.25) is 5.91 Å². The molecule has 0 bridgehead atoms. The van der Waals surface area contributed by atoms with E-state index in [9.17, 15) is 14.4 Å². The first kappa shape index (κ1) is 18.6. The number of aliphatic carboxylic acids is 1. The summed E-state index contributed by atoms with van der Waals surface area (Å²) < 4.78 is 0. The number of benzene rings is 1. The van der Waals surface area contributed by atoms with Crippen molar-refractivity contribution in [1.82, 2.24) is 10.2 Å². The molecule has 0 saturated heterocycles. The number of carboxylic acids is 1. The molecule has 2 aliphatic carbocycles. The van der Waals surface area contributed by atoms with E-state index in [-0.39, 0.29) is 43.2 Å². The third-order valence-corrected chi connectivity index (χ3v) is 5.20. The molecule has 2 N–H and O–H groups in total. The molecular formula is C20H26N2O4. The van der Waals surface area contributed by atoms with Crippen molar-refractivity contribution in [2.24, 2.45) is 5.92 Å². The second kappa shape index (κ2) is 8.45. The van der Waals surface area contributed by atoms with Crippen molar-refractivity contribution in [3.05, 3.63) is 35.9 Å². The first-order valence-electron chi connectivity index (χ1n) is 9.34. The Morgan fingerprint density at radius 3 is 2.38 bits per heavy atom. The first-order valence-corrected chi connectivity index (χ1v) is 9.34. The number of Topliss-reactive ketones (excluding diaryl/α,β-unsaturated/α-hetero) is 1. The molecule has 0 radical (unpaired) electrons. The molecule has 6 nitrogen and oxygen atoms in total. The van der Waals surface area contributed by atoms with E-state index >= 15 is 0 Å². The van der Waals surface area contributed by atoms with Gasteiger partial charge in [-0.15, -0.1) is 0 Å². The van der Waals surface area contributed by atoms with Crippen molar-refractivity contribution >= 4 is 17.7 Å². The van der Waals surface area contributed by atoms with Gasteiger partial charge in [0.1, 0.15) is 0 Å². The van der Waals surface area contributed by atoms with Crippen LogP contribution in [0.2, 0.25) is 0 Å². The van der Waals surface area contributed by atoms with Gasteiger partial charge in [-0.3, -0.25) is 19.3 Å². The third kappa shape index (κ3) is 5.39. The zero-order valence-corrected chi connectivity index (χ0v) is 14.9. The van der Waals surface area contributed by atoms with Crippen molar-refractivity contribution in [1.29, 1.82) is 0 Å². The van der Waals surface area contributed by atoms with Gasteiger partial charge < -0.3 is 10.4 Å². The Labute approximate surface area is 153 Å². The number of nitrogens with one attached hydrogen (secondary N) is 1. The molecule has 0 aromatic heterocycles. The zero-order valence-electron chi connectivity index (χ0n) is 14.9. The van der Waals surface area contributed by atoms with Crippen molar-refractivity contribution in [3.8, 4) is 0 Å². The minimum Gasteiger partial charge on any atom is -0.480 e. The highest BCUT2D eigenvalue weighted by Crippen LogP contribution is 2.33. The molecular weight excluding hydrogens is 332 g/mol. The molecule has 26 heavy (non-hydrogen) atoms. The van der Waals surface area contributed by atoms with Crippen LogP contribution in [0.5, 0.6) is 0 Å². The number of carboxylic acid groups (broad SMARTS) is 1. The monoisotopic (exact) mass is 358 g/mol. The summed E-state index contributed by atoms with van der Waals surface area (Å²) in [5.41, 5.74) is 0.633. The summed E-state index contributed by atoms with van der Waals surface area (Å²) >= 11 is 0. The van der Waals surface area contributed by atoms with E-state index in [1.54, 1.807) is 12.1 Å². The van der Waals surface area contributed by atoms with Crippen LogP contribution in [-0.4, -0.2) is 52.8 Å². The molecule has 1 aromatic carbocycles. The maximum absolute atomic E-state index is 12.1. The summed E-state index contributed by atoms with van der Waals surface area (Å²) in [4.78, 5) is 37.2. The second-order valence-electron chi connectivity index (χ2n) is 7.45. The van der Waals surface area contributed by atoms with Gasteiger partial charge in [-0.25, -0.2) is 0 Å². The molecule has 0 heterocycles. The Kier molecular flexibility index (Phi) is 6.04. The van der Waals surface area contributed by atoms with Crippen LogP contribution in [-0.2, 0) is 9.59 Å². The topological polar surface area (TPSA) is 86.7 Å². The van der Waals surface area contributed by atoms with E-state index < -0.39 is 5.97 Å². The van der Waals surface area contributed by atoms with Gasteiger partial charge >= 0.3 is 5.97 Å². The van der Waals surface area contributed by atoms with Crippen molar-refractivity contribution < 1.29 is 19.5 Å². The SMILES string of the molecule is O=C(O)CN(CC1CC1)C1CC(NC(=O)CCC(=O)c2ccccc2)C1. The minimum absolute atomic E-state index is 0.0238. The fourth-order valence-electron chi connectivity index (χ4n) is 3.45. The van der Waals surface area contributed by atoms with E-state index in [0.717, 1.165) is 19.4 Å². The highest BCUT2D eigenvalue weighted by atomic mass is 16.4. The fraction of sp³-hybridized carbons (Fsp3) is 0.550. The molecule has 1 amide bonds. The highest BCUT2D eigenvalue weighted by Gasteiger charge is 2.37. The van der Waals surface area contributed by atoms with E-state index in [1.807, 2.05) is 23.1 Å². The highest BCUT2D eigenvalue weighted by molar-refractivity contribution is 5.97. The van der Waals surface area contributed by atoms with Gasteiger partial charge in [-0.05, 0) is 31.6 Å². The van der Waals surface area contributed by atoms with Crippen LogP contribution in [0, 0.1) is 5.92 Å². The van der Waals surface area contributed by atoms with Crippen molar-refractivity contribution in [3.63, 3.8) is 0 Å². The largest absolute Gasteiger partial charge is 0.480 e. The van der Waals surface area contributed by atoms with Crippen LogP contribution in [0.1, 0.15) is 48.9 Å². The Morgan fingerprint density at radius 1 is 1.08 bits per heavy atom. The molecule has 1 aromatic rings. The lowest BCUT2D eigenvalue weighted by Gasteiger charge is -2.42. The van der Waals surface area contributed by atoms with E-state index in [2.05, 4.69) is 5.32 Å². The van der Waals surface area contributed by atoms with E-state index in [1.165, 1.54) is 12.8 Å². The Morgan fingerprint density at radius 2 is 1.77 bits per heavy atom. The van der Waals surface area contributed by atoms with Gasteiger partial charge in [0, 0.05) is 37.0 Å². The lowest BCUT2D eigenvalue weighted by Crippen LogP contribution is -2.55. The average Bonchev–Trinajstić information content (AvgIpc) is 3.39. The third-order valence-electron chi connectivity index (χ3n) is 5.20. The zero-order chi connectivity index (χ0) is 18.5. The fourth-order valence-corrected chi connectivity index (χ4v) is 3.45. The predicted octanol–water partition coefficient (Wildman–Crippen LogP) is 2.09. The van der Waals surface area contributed by atoms with Gasteiger partial charge in [0.25, 0.3) is 0 Å². The molecule has 2 saturated carbocycles. The number of carbonyl (C=O) groups excluding carboxylic acids is 2. The Hall–Kier alpha value is -2.21. The van der Waals surface area contributed by atoms with Gasteiger partial charge in [0.15, 0.2) is 5.78 Å². The Bertz CT molecular complexity index is 651. The van der Waals surface area contributed by atoms with Crippen molar-refractivity contribution in [2.75, 3.05) is 13.1 Å². The number of hydrogen-bond donors (Lipinski definition) is 2. The van der Waals surface area contributed by atoms with E-state index in [4.69, 9.17) is 5.11 Å². The number of nitrogens with zero attached hydrogens (tertiary/aromatic N) is 1. The number of rotatable bonds is 10. The summed E-state index contributed by atoms with van der Waals surface area (Å²) in [5, 5.41) is 12.0. The molecule has 3 rings (SSSR count). The maximum Gasteiger partial charge on any atom is 0.317 e. The molecule has 140 valence electrons. The first-order chi connectivity index (χ1) is 12.5. The second-order valence-corrected chi connectivity index (χ2v) is 7.45. The maximum atomic E-state index is 12.1. The molecule has 0 aliphatic heterocycles. The summed E-state index contributed by atoms with van der Waals surface area (Å²) in [5.74, 6) is -0.279. The average molecular weight is 358 g/mol. The molecule has 6 heteroatoms. The normalized spacial score (nSPS) is 21.9. The summed E-state index contributed by atoms with van der Waals surface area (Å²) in [6.07, 6.45) is 4.36. The van der Waals surface area contributed by atoms with Crippen LogP contribution in [0.3, 0.4) is 0 Å². The summed E-state index contributed by atoms with van der Waals surface area (Å²) in [6.45, 7) is 0.927. The van der Waals surface area contributed by atoms with Crippen LogP contribution < -0.4 is 5.32 Å². The van der Waals surface area contributed by atoms with Crippen LogP contribution >= 0.6 is 0 Å². The smallest absolute Gasteiger partial charge is 0.317 e. The standard InChI is InChI=1S/C20H26N2O4/c23-18(15-4-2-1-3-5-15)8-9-19(24)21-16-10-17(11-16)22(13-20(25)26)12-14-6-7-14/h1-5,14,16-17H,6-13H2,(H,21,24)(H,25,26). The predicted molar refractivity (Wildman–Crippen MR) is 96.9 cm³/mol. The lowest BCUT2D eigenvalue weighted by atomic mass is 9.85. The van der Waals surface area contributed by atoms with Gasteiger partial charge in [0.05, 0.1) is 6.54 Å². The van der Waals surface area contributed by atoms with Gasteiger partial charge in [-0.1, -0.05) is 30.3 Å². The molecule has 0 unspecified atom stereocenters. The molecule has 0 atom stereocenters. The molecule has 2 aliphatic rings. The summed E-state index contributed by atoms with van der Waals surface area (Å²) in [7, 11) is 0. The summed E-state index contributed by atoms with van der Waals surface area (Å²) in [6, 6.07) is 9.32. The number of hydrogen-bond acceptors (Lipinski definition) is 4. The number of amides is 1. The van der Waals surface area contributed by atoms with Gasteiger partial charge in [-0.2, -0.15) is 0 Å². The number of ketones is 1. The molecule has 0 spiro atoms. The van der Waals surface area contributed by atoms with E-state index in [0.29, 0.717) is 11.5 Å².